The van der Waals surface area contributed by atoms with E-state index in [1.165, 1.54) is 12.5 Å². The maximum Gasteiger partial charge on any atom is 0.318 e. The fraction of sp³-hybridized carbons (Fsp3) is 0.417. The molecule has 0 aliphatic carbocycles. The Labute approximate surface area is 98.0 Å². The van der Waals surface area contributed by atoms with Crippen LogP contribution in [0.4, 0.5) is 0 Å². The van der Waals surface area contributed by atoms with E-state index in [1.807, 2.05) is 24.3 Å². The van der Waals surface area contributed by atoms with Gasteiger partial charge in [0.15, 0.2) is 0 Å². The first-order valence-electron chi connectivity index (χ1n) is 5.22. The normalized spacial score (nSPS) is 14.4. The molecule has 0 amide bonds. The summed E-state index contributed by atoms with van der Waals surface area (Å²) in [4.78, 5) is 10.6. The summed E-state index contributed by atoms with van der Waals surface area (Å²) in [7, 11) is -1.35. The Morgan fingerprint density at radius 1 is 1.31 bits per heavy atom. The van der Waals surface area contributed by atoms with Gasteiger partial charge in [-0.3, -0.25) is 9.00 Å². The molecule has 0 bridgehead atoms. The fourth-order valence-electron chi connectivity index (χ4n) is 1.27. The molecule has 1 aromatic carbocycles. The van der Waals surface area contributed by atoms with Gasteiger partial charge in [-0.2, -0.15) is 0 Å². The molecule has 2 atom stereocenters. The van der Waals surface area contributed by atoms with Crippen LogP contribution in [0.3, 0.4) is 0 Å². The number of hydrogen-bond acceptors (Lipinski definition) is 2. The largest absolute Gasteiger partial charge is 0.480 e. The van der Waals surface area contributed by atoms with Crippen molar-refractivity contribution in [1.29, 1.82) is 0 Å². The molecule has 0 radical (unpaired) electrons. The molecule has 1 aromatic rings. The molecule has 3 nitrogen and oxygen atoms in total. The van der Waals surface area contributed by atoms with Gasteiger partial charge in [0.1, 0.15) is 5.25 Å². The van der Waals surface area contributed by atoms with Gasteiger partial charge in [0.05, 0.1) is 0 Å². The lowest BCUT2D eigenvalue weighted by Crippen LogP contribution is -2.22. The van der Waals surface area contributed by atoms with Crippen LogP contribution in [-0.2, 0) is 27.8 Å². The first kappa shape index (κ1) is 12.9. The first-order chi connectivity index (χ1) is 7.54. The van der Waals surface area contributed by atoms with Gasteiger partial charge in [0, 0.05) is 16.6 Å². The highest BCUT2D eigenvalue weighted by molar-refractivity contribution is 7.85. The molecular formula is C12H16O3S. The highest BCUT2D eigenvalue weighted by atomic mass is 32.2. The Kier molecular flexibility index (Phi) is 4.68. The molecule has 0 aromatic heterocycles. The van der Waals surface area contributed by atoms with Crippen molar-refractivity contribution in [3.05, 3.63) is 35.4 Å². The van der Waals surface area contributed by atoms with Gasteiger partial charge in [-0.15, -0.1) is 0 Å². The van der Waals surface area contributed by atoms with Crippen molar-refractivity contribution in [2.75, 3.05) is 0 Å². The summed E-state index contributed by atoms with van der Waals surface area (Å²) >= 11 is 0. The molecule has 1 N–H and O–H groups in total. The van der Waals surface area contributed by atoms with Gasteiger partial charge in [0.25, 0.3) is 0 Å². The lowest BCUT2D eigenvalue weighted by Gasteiger charge is -2.07. The molecule has 4 heteroatoms. The maximum absolute atomic E-state index is 11.6. The van der Waals surface area contributed by atoms with E-state index in [0.29, 0.717) is 5.75 Å². The number of benzene rings is 1. The van der Waals surface area contributed by atoms with Crippen LogP contribution in [0.25, 0.3) is 0 Å². The maximum atomic E-state index is 11.6. The van der Waals surface area contributed by atoms with Crippen molar-refractivity contribution in [2.24, 2.45) is 0 Å². The van der Waals surface area contributed by atoms with Crippen LogP contribution in [0, 0.1) is 0 Å². The number of aryl methyl sites for hydroxylation is 1. The number of carboxylic acids is 1. The molecule has 1 rings (SSSR count). The highest BCUT2D eigenvalue weighted by Gasteiger charge is 2.18. The average Bonchev–Trinajstić information content (AvgIpc) is 2.28. The van der Waals surface area contributed by atoms with E-state index in [4.69, 9.17) is 5.11 Å². The number of carboxylic acid groups (broad SMARTS) is 1. The third kappa shape index (κ3) is 3.45. The molecule has 0 spiro atoms. The van der Waals surface area contributed by atoms with Gasteiger partial charge in [0.2, 0.25) is 0 Å². The molecule has 0 fully saturated rings. The highest BCUT2D eigenvalue weighted by Crippen LogP contribution is 2.10. The average molecular weight is 240 g/mol. The van der Waals surface area contributed by atoms with Crippen molar-refractivity contribution in [2.45, 2.75) is 31.3 Å². The predicted molar refractivity (Wildman–Crippen MR) is 64.8 cm³/mol. The topological polar surface area (TPSA) is 54.4 Å². The summed E-state index contributed by atoms with van der Waals surface area (Å²) in [6.07, 6.45) is 0.967. The molecule has 0 saturated heterocycles. The number of rotatable bonds is 5. The summed E-state index contributed by atoms with van der Waals surface area (Å²) in [5, 5.41) is 7.91. The second-order valence-electron chi connectivity index (χ2n) is 3.68. The zero-order chi connectivity index (χ0) is 12.1. The van der Waals surface area contributed by atoms with Crippen LogP contribution in [0.15, 0.2) is 24.3 Å². The Morgan fingerprint density at radius 2 is 1.81 bits per heavy atom. The van der Waals surface area contributed by atoms with Crippen molar-refractivity contribution >= 4 is 16.8 Å². The lowest BCUT2D eigenvalue weighted by molar-refractivity contribution is -0.136. The Bertz CT molecular complexity index is 384. The Morgan fingerprint density at radius 3 is 2.25 bits per heavy atom. The predicted octanol–water partition coefficient (Wildman–Crippen LogP) is 1.97. The van der Waals surface area contributed by atoms with Crippen molar-refractivity contribution in [3.8, 4) is 0 Å². The van der Waals surface area contributed by atoms with Crippen LogP contribution < -0.4 is 0 Å². The van der Waals surface area contributed by atoms with E-state index in [1.54, 1.807) is 0 Å². The molecular weight excluding hydrogens is 224 g/mol. The summed E-state index contributed by atoms with van der Waals surface area (Å²) in [6, 6.07) is 7.78. The molecule has 2 unspecified atom stereocenters. The zero-order valence-electron chi connectivity index (χ0n) is 9.47. The molecule has 88 valence electrons. The molecule has 0 saturated carbocycles. The van der Waals surface area contributed by atoms with Gasteiger partial charge in [-0.1, -0.05) is 31.2 Å². The van der Waals surface area contributed by atoms with Crippen molar-refractivity contribution < 1.29 is 14.1 Å². The van der Waals surface area contributed by atoms with E-state index in [9.17, 15) is 9.00 Å². The van der Waals surface area contributed by atoms with E-state index in [-0.39, 0.29) is 0 Å². The third-order valence-corrected chi connectivity index (χ3v) is 4.09. The number of aliphatic carboxylic acids is 1. The smallest absolute Gasteiger partial charge is 0.318 e. The van der Waals surface area contributed by atoms with Gasteiger partial charge in [-0.05, 0) is 24.5 Å². The van der Waals surface area contributed by atoms with Gasteiger partial charge < -0.3 is 5.11 Å². The van der Waals surface area contributed by atoms with E-state index in [0.717, 1.165) is 12.0 Å². The number of carbonyl (C=O) groups is 1. The lowest BCUT2D eigenvalue weighted by atomic mass is 10.1. The third-order valence-electron chi connectivity index (χ3n) is 2.48. The summed E-state index contributed by atoms with van der Waals surface area (Å²) < 4.78 is 11.6. The monoisotopic (exact) mass is 240 g/mol. The standard InChI is InChI=1S/C12H16O3S/c1-3-10-4-6-11(7-5-10)8-16(15)9(2)12(13)14/h4-7,9H,3,8H2,1-2H3,(H,13,14). The minimum absolute atomic E-state index is 0.303. The number of hydrogen-bond donors (Lipinski definition) is 1. The van der Waals surface area contributed by atoms with E-state index >= 15 is 0 Å². The Hall–Kier alpha value is -1.16. The fourth-order valence-corrected chi connectivity index (χ4v) is 2.27. The van der Waals surface area contributed by atoms with Crippen LogP contribution in [0.5, 0.6) is 0 Å². The summed E-state index contributed by atoms with van der Waals surface area (Å²) in [6.45, 7) is 3.54. The first-order valence-corrected chi connectivity index (χ1v) is 6.60. The van der Waals surface area contributed by atoms with Crippen LogP contribution in [0.1, 0.15) is 25.0 Å². The minimum atomic E-state index is -1.35. The second-order valence-corrected chi connectivity index (χ2v) is 5.43. The van der Waals surface area contributed by atoms with Gasteiger partial charge in [-0.25, -0.2) is 0 Å². The minimum Gasteiger partial charge on any atom is -0.480 e. The zero-order valence-corrected chi connectivity index (χ0v) is 10.3. The van der Waals surface area contributed by atoms with Crippen LogP contribution in [0.2, 0.25) is 0 Å². The SMILES string of the molecule is CCc1ccc(CS(=O)C(C)C(=O)O)cc1. The van der Waals surface area contributed by atoms with Crippen molar-refractivity contribution in [3.63, 3.8) is 0 Å². The second kappa shape index (κ2) is 5.80. The molecule has 0 heterocycles. The molecule has 0 aliphatic heterocycles. The summed E-state index contributed by atoms with van der Waals surface area (Å²) in [5.74, 6) is -0.708. The molecule has 0 aliphatic rings. The van der Waals surface area contributed by atoms with Crippen LogP contribution in [-0.4, -0.2) is 20.5 Å². The van der Waals surface area contributed by atoms with E-state index < -0.39 is 22.0 Å². The van der Waals surface area contributed by atoms with Crippen LogP contribution >= 0.6 is 0 Å². The molecule has 16 heavy (non-hydrogen) atoms. The quantitative estimate of drug-likeness (QED) is 0.856. The van der Waals surface area contributed by atoms with Gasteiger partial charge >= 0.3 is 5.97 Å². The Balaban J connectivity index is 2.66. The van der Waals surface area contributed by atoms with E-state index in [2.05, 4.69) is 6.92 Å². The summed E-state index contributed by atoms with van der Waals surface area (Å²) in [5.41, 5.74) is 2.14. The van der Waals surface area contributed by atoms with Crippen molar-refractivity contribution in [1.82, 2.24) is 0 Å².